The van der Waals surface area contributed by atoms with Gasteiger partial charge in [-0.15, -0.1) is 0 Å². The van der Waals surface area contributed by atoms with Crippen LogP contribution in [-0.4, -0.2) is 21.6 Å². The molecule has 2 rings (SSSR count). The predicted octanol–water partition coefficient (Wildman–Crippen LogP) is 3.40. The van der Waals surface area contributed by atoms with Crippen molar-refractivity contribution in [3.8, 4) is 0 Å². The second-order valence-electron chi connectivity index (χ2n) is 4.69. The van der Waals surface area contributed by atoms with Crippen LogP contribution >= 0.6 is 11.3 Å². The number of nitrogens with one attached hydrogen (secondary N) is 1. The number of rotatable bonds is 4. The second kappa shape index (κ2) is 6.57. The first-order valence-electron chi connectivity index (χ1n) is 6.78. The molecule has 0 atom stereocenters. The maximum Gasteiger partial charge on any atom is 0.409 e. The molecule has 0 aliphatic heterocycles. The number of amides is 1. The third-order valence-electron chi connectivity index (χ3n) is 3.14. The van der Waals surface area contributed by atoms with Gasteiger partial charge in [0.1, 0.15) is 0 Å². The van der Waals surface area contributed by atoms with Crippen LogP contribution in [0.15, 0.2) is 29.3 Å². The van der Waals surface area contributed by atoms with Gasteiger partial charge in [-0.2, -0.15) is 0 Å². The average molecular weight is 319 g/mol. The van der Waals surface area contributed by atoms with E-state index in [1.807, 2.05) is 18.4 Å². The molecule has 116 valence electrons. The van der Waals surface area contributed by atoms with Crippen LogP contribution in [-0.2, 0) is 6.54 Å². The van der Waals surface area contributed by atoms with Crippen LogP contribution in [0.25, 0.3) is 0 Å². The van der Waals surface area contributed by atoms with Crippen molar-refractivity contribution in [2.75, 3.05) is 5.32 Å². The van der Waals surface area contributed by atoms with Crippen molar-refractivity contribution in [3.63, 3.8) is 0 Å². The average Bonchev–Trinajstić information content (AvgIpc) is 2.76. The summed E-state index contributed by atoms with van der Waals surface area (Å²) in [6, 6.07) is 6.76. The standard InChI is InChI=1S/C15H17N3O3S/c1-4-18-9(2)13(10(3)19)22-14(18)16-11-5-7-12(8-6-11)17-15(20)21/h5-8,17H,4H2,1-3H3,(H,20,21). The van der Waals surface area contributed by atoms with Crippen LogP contribution in [0.3, 0.4) is 0 Å². The fourth-order valence-corrected chi connectivity index (χ4v) is 3.23. The highest BCUT2D eigenvalue weighted by Crippen LogP contribution is 2.18. The number of nitrogens with zero attached hydrogens (tertiary/aromatic N) is 2. The number of thiazole rings is 1. The lowest BCUT2D eigenvalue weighted by Gasteiger charge is -2.02. The summed E-state index contributed by atoms with van der Waals surface area (Å²) >= 11 is 1.37. The third kappa shape index (κ3) is 3.43. The molecule has 0 aliphatic carbocycles. The zero-order valence-corrected chi connectivity index (χ0v) is 13.4. The molecule has 6 nitrogen and oxygen atoms in total. The summed E-state index contributed by atoms with van der Waals surface area (Å²) in [5.74, 6) is 0.0344. The Labute approximate surface area is 131 Å². The van der Waals surface area contributed by atoms with E-state index in [1.54, 1.807) is 31.2 Å². The van der Waals surface area contributed by atoms with Crippen LogP contribution in [0.2, 0.25) is 0 Å². The summed E-state index contributed by atoms with van der Waals surface area (Å²) in [5, 5.41) is 10.9. The van der Waals surface area contributed by atoms with Crippen molar-refractivity contribution >= 4 is 34.6 Å². The van der Waals surface area contributed by atoms with Gasteiger partial charge >= 0.3 is 6.09 Å². The Morgan fingerprint density at radius 1 is 1.32 bits per heavy atom. The Morgan fingerprint density at radius 3 is 2.45 bits per heavy atom. The minimum absolute atomic E-state index is 0.0344. The molecule has 7 heteroatoms. The van der Waals surface area contributed by atoms with E-state index in [9.17, 15) is 9.59 Å². The van der Waals surface area contributed by atoms with Crippen molar-refractivity contribution in [2.24, 2.45) is 4.99 Å². The largest absolute Gasteiger partial charge is 0.465 e. The summed E-state index contributed by atoms with van der Waals surface area (Å²) in [6.07, 6.45) is -1.10. The lowest BCUT2D eigenvalue weighted by Crippen LogP contribution is -2.14. The van der Waals surface area contributed by atoms with Crippen molar-refractivity contribution in [1.82, 2.24) is 4.57 Å². The van der Waals surface area contributed by atoms with Crippen LogP contribution in [0, 0.1) is 6.92 Å². The van der Waals surface area contributed by atoms with E-state index in [0.29, 0.717) is 16.3 Å². The van der Waals surface area contributed by atoms with Crippen molar-refractivity contribution in [3.05, 3.63) is 39.6 Å². The monoisotopic (exact) mass is 319 g/mol. The fourth-order valence-electron chi connectivity index (χ4n) is 2.12. The maximum absolute atomic E-state index is 11.6. The van der Waals surface area contributed by atoms with Gasteiger partial charge in [-0.25, -0.2) is 9.79 Å². The first-order chi connectivity index (χ1) is 10.4. The summed E-state index contributed by atoms with van der Waals surface area (Å²) in [6.45, 7) is 6.19. The summed E-state index contributed by atoms with van der Waals surface area (Å²) in [5.41, 5.74) is 2.11. The number of hydrogen-bond donors (Lipinski definition) is 2. The van der Waals surface area contributed by atoms with E-state index < -0.39 is 6.09 Å². The second-order valence-corrected chi connectivity index (χ2v) is 5.67. The quantitative estimate of drug-likeness (QED) is 0.847. The summed E-state index contributed by atoms with van der Waals surface area (Å²) in [7, 11) is 0. The Bertz CT molecular complexity index is 772. The van der Waals surface area contributed by atoms with Crippen molar-refractivity contribution < 1.29 is 14.7 Å². The van der Waals surface area contributed by atoms with Gasteiger partial charge in [0, 0.05) is 24.8 Å². The zero-order valence-electron chi connectivity index (χ0n) is 12.6. The molecule has 0 aliphatic rings. The van der Waals surface area contributed by atoms with Gasteiger partial charge in [0.05, 0.1) is 10.6 Å². The summed E-state index contributed by atoms with van der Waals surface area (Å²) < 4.78 is 1.99. The molecule has 1 aromatic carbocycles. The molecular formula is C15H17N3O3S. The molecular weight excluding hydrogens is 302 g/mol. The van der Waals surface area contributed by atoms with E-state index in [4.69, 9.17) is 5.11 Å². The number of carboxylic acid groups (broad SMARTS) is 1. The highest BCUT2D eigenvalue weighted by atomic mass is 32.1. The molecule has 0 unspecified atom stereocenters. The molecule has 22 heavy (non-hydrogen) atoms. The van der Waals surface area contributed by atoms with Gasteiger partial charge in [0.15, 0.2) is 10.6 Å². The molecule has 1 amide bonds. The Kier molecular flexibility index (Phi) is 4.77. The molecule has 0 fully saturated rings. The van der Waals surface area contributed by atoms with E-state index in [1.165, 1.54) is 11.3 Å². The lowest BCUT2D eigenvalue weighted by molar-refractivity contribution is 0.102. The Morgan fingerprint density at radius 2 is 1.95 bits per heavy atom. The highest BCUT2D eigenvalue weighted by molar-refractivity contribution is 7.11. The first-order valence-corrected chi connectivity index (χ1v) is 7.60. The number of benzene rings is 1. The lowest BCUT2D eigenvalue weighted by atomic mass is 10.3. The number of Topliss-reactive ketones (excluding diaryl/α,β-unsaturated/α-hetero) is 1. The van der Waals surface area contributed by atoms with Gasteiger partial charge in [0.25, 0.3) is 0 Å². The van der Waals surface area contributed by atoms with Gasteiger partial charge in [-0.05, 0) is 38.1 Å². The minimum atomic E-state index is -1.10. The van der Waals surface area contributed by atoms with E-state index in [0.717, 1.165) is 17.0 Å². The molecule has 0 radical (unpaired) electrons. The zero-order chi connectivity index (χ0) is 16.3. The first kappa shape index (κ1) is 16.0. The van der Waals surface area contributed by atoms with Gasteiger partial charge in [0.2, 0.25) is 0 Å². The van der Waals surface area contributed by atoms with Crippen LogP contribution < -0.4 is 10.1 Å². The SMILES string of the molecule is CCn1c(C)c(C(C)=O)sc1=Nc1ccc(NC(=O)O)cc1. The number of ketones is 1. The van der Waals surface area contributed by atoms with Gasteiger partial charge in [-0.1, -0.05) is 11.3 Å². The van der Waals surface area contributed by atoms with Crippen LogP contribution in [0.1, 0.15) is 29.2 Å². The number of carbonyl (C=O) groups is 2. The number of hydrogen-bond acceptors (Lipinski definition) is 4. The molecule has 1 aromatic heterocycles. The smallest absolute Gasteiger partial charge is 0.409 e. The van der Waals surface area contributed by atoms with Crippen molar-refractivity contribution in [2.45, 2.75) is 27.3 Å². The third-order valence-corrected chi connectivity index (χ3v) is 4.42. The van der Waals surface area contributed by atoms with Crippen molar-refractivity contribution in [1.29, 1.82) is 0 Å². The minimum Gasteiger partial charge on any atom is -0.465 e. The topological polar surface area (TPSA) is 83.7 Å². The van der Waals surface area contributed by atoms with Gasteiger partial charge in [-0.3, -0.25) is 10.1 Å². The Hall–Kier alpha value is -2.41. The molecule has 0 bridgehead atoms. The normalized spacial score (nSPS) is 11.5. The molecule has 0 saturated heterocycles. The molecule has 1 heterocycles. The molecule has 0 spiro atoms. The van der Waals surface area contributed by atoms with Crippen LogP contribution in [0.4, 0.5) is 16.2 Å². The number of carbonyl (C=O) groups excluding carboxylic acids is 1. The molecule has 0 saturated carbocycles. The van der Waals surface area contributed by atoms with E-state index in [2.05, 4.69) is 10.3 Å². The number of aromatic nitrogens is 1. The predicted molar refractivity (Wildman–Crippen MR) is 86.0 cm³/mol. The van der Waals surface area contributed by atoms with Crippen LogP contribution in [0.5, 0.6) is 0 Å². The van der Waals surface area contributed by atoms with Gasteiger partial charge < -0.3 is 9.67 Å². The fraction of sp³-hybridized carbons (Fsp3) is 0.267. The molecule has 2 aromatic rings. The van der Waals surface area contributed by atoms with E-state index in [-0.39, 0.29) is 5.78 Å². The highest BCUT2D eigenvalue weighted by Gasteiger charge is 2.12. The summed E-state index contributed by atoms with van der Waals surface area (Å²) in [4.78, 5) is 28.2. The molecule has 2 N–H and O–H groups in total. The van der Waals surface area contributed by atoms with E-state index >= 15 is 0 Å². The maximum atomic E-state index is 11.6. The Balaban J connectivity index is 2.42. The number of anilines is 1.